The highest BCUT2D eigenvalue weighted by atomic mass is 32.1. The van der Waals surface area contributed by atoms with Crippen LogP contribution in [-0.2, 0) is 6.42 Å². The molecule has 1 unspecified atom stereocenters. The van der Waals surface area contributed by atoms with Crippen molar-refractivity contribution in [2.24, 2.45) is 0 Å². The molecule has 0 saturated carbocycles. The molecule has 2 rings (SSSR count). The maximum Gasteiger partial charge on any atom is 0.340 e. The molecule has 112 valence electrons. The van der Waals surface area contributed by atoms with Gasteiger partial charge in [-0.2, -0.15) is 0 Å². The molecule has 6 heteroatoms. The fraction of sp³-hybridized carbons (Fsp3) is 0.267. The van der Waals surface area contributed by atoms with E-state index in [9.17, 15) is 14.3 Å². The number of halogens is 1. The van der Waals surface area contributed by atoms with Gasteiger partial charge in [0.05, 0.1) is 11.4 Å². The first kappa shape index (κ1) is 15.3. The normalized spacial score (nSPS) is 12.1. The number of aromatic carboxylic acids is 1. The Hall–Kier alpha value is -2.08. The van der Waals surface area contributed by atoms with E-state index in [0.29, 0.717) is 5.69 Å². The smallest absolute Gasteiger partial charge is 0.340 e. The molecule has 0 aliphatic heterocycles. The highest BCUT2D eigenvalue weighted by molar-refractivity contribution is 7.09. The Morgan fingerprint density at radius 2 is 2.19 bits per heavy atom. The van der Waals surface area contributed by atoms with Crippen LogP contribution in [0, 0.1) is 5.82 Å². The van der Waals surface area contributed by atoms with Crippen LogP contribution in [0.3, 0.4) is 0 Å². The molecule has 0 bridgehead atoms. The Morgan fingerprint density at radius 3 is 2.76 bits per heavy atom. The summed E-state index contributed by atoms with van der Waals surface area (Å²) in [7, 11) is 1.79. The minimum Gasteiger partial charge on any atom is -0.478 e. The first-order chi connectivity index (χ1) is 9.91. The molecule has 0 spiro atoms. The molecule has 0 aliphatic rings. The number of hydrogen-bond acceptors (Lipinski definition) is 4. The summed E-state index contributed by atoms with van der Waals surface area (Å²) < 4.78 is 13.5. The van der Waals surface area contributed by atoms with Crippen LogP contribution in [-0.4, -0.2) is 24.2 Å². The van der Waals surface area contributed by atoms with Crippen molar-refractivity contribution in [3.63, 3.8) is 0 Å². The second-order valence-corrected chi connectivity index (χ2v) is 5.94. The van der Waals surface area contributed by atoms with Gasteiger partial charge in [0.25, 0.3) is 0 Å². The van der Waals surface area contributed by atoms with Crippen LogP contribution >= 0.6 is 11.3 Å². The van der Waals surface area contributed by atoms with Gasteiger partial charge in [0.15, 0.2) is 0 Å². The summed E-state index contributed by atoms with van der Waals surface area (Å²) in [5.74, 6) is -1.94. The summed E-state index contributed by atoms with van der Waals surface area (Å²) in [6.45, 7) is 1.99. The number of carboxylic acid groups (broad SMARTS) is 1. The first-order valence-corrected chi connectivity index (χ1v) is 7.36. The summed E-state index contributed by atoms with van der Waals surface area (Å²) in [6, 6.07) is 6.73. The van der Waals surface area contributed by atoms with E-state index in [1.807, 2.05) is 29.3 Å². The van der Waals surface area contributed by atoms with Crippen LogP contribution < -0.4 is 10.6 Å². The number of carboxylic acids is 1. The summed E-state index contributed by atoms with van der Waals surface area (Å²) in [6.07, 6.45) is 0.782. The highest BCUT2D eigenvalue weighted by Crippen LogP contribution is 2.29. The maximum absolute atomic E-state index is 13.5. The Morgan fingerprint density at radius 1 is 1.48 bits per heavy atom. The molecule has 21 heavy (non-hydrogen) atoms. The number of hydrogen-bond donors (Lipinski definition) is 2. The number of benzene rings is 1. The van der Waals surface area contributed by atoms with Crippen LogP contribution in [0.15, 0.2) is 29.6 Å². The lowest BCUT2D eigenvalue weighted by atomic mass is 10.1. The SMILES string of the molecule is CC(Cc1cccs1)N(C)c1ccc(F)c(N)c1C(=O)O. The van der Waals surface area contributed by atoms with Crippen molar-refractivity contribution >= 4 is 28.7 Å². The number of thiophene rings is 1. The fourth-order valence-electron chi connectivity index (χ4n) is 2.20. The van der Waals surface area contributed by atoms with Gasteiger partial charge in [-0.05, 0) is 30.5 Å². The van der Waals surface area contributed by atoms with Gasteiger partial charge >= 0.3 is 5.97 Å². The second-order valence-electron chi connectivity index (χ2n) is 4.90. The van der Waals surface area contributed by atoms with E-state index in [4.69, 9.17) is 5.73 Å². The zero-order chi connectivity index (χ0) is 15.6. The molecule has 4 nitrogen and oxygen atoms in total. The van der Waals surface area contributed by atoms with Gasteiger partial charge in [0.2, 0.25) is 0 Å². The quantitative estimate of drug-likeness (QED) is 0.832. The van der Waals surface area contributed by atoms with Gasteiger partial charge < -0.3 is 15.7 Å². The lowest BCUT2D eigenvalue weighted by Crippen LogP contribution is -2.32. The molecular weight excluding hydrogens is 291 g/mol. The first-order valence-electron chi connectivity index (χ1n) is 6.48. The van der Waals surface area contributed by atoms with Crippen LogP contribution in [0.4, 0.5) is 15.8 Å². The Balaban J connectivity index is 2.32. The maximum atomic E-state index is 13.5. The third-order valence-corrected chi connectivity index (χ3v) is 4.40. The third kappa shape index (κ3) is 3.16. The minimum atomic E-state index is -1.22. The van der Waals surface area contributed by atoms with Crippen molar-refractivity contribution in [3.8, 4) is 0 Å². The van der Waals surface area contributed by atoms with E-state index in [-0.39, 0.29) is 17.3 Å². The van der Waals surface area contributed by atoms with Gasteiger partial charge in [-0.1, -0.05) is 6.07 Å². The number of nitrogens with zero attached hydrogens (tertiary/aromatic N) is 1. The monoisotopic (exact) mass is 308 g/mol. The van der Waals surface area contributed by atoms with E-state index in [0.717, 1.165) is 6.42 Å². The summed E-state index contributed by atoms with van der Waals surface area (Å²) >= 11 is 1.65. The van der Waals surface area contributed by atoms with Gasteiger partial charge in [-0.25, -0.2) is 9.18 Å². The molecule has 1 aromatic heterocycles. The molecule has 1 atom stereocenters. The molecule has 1 heterocycles. The van der Waals surface area contributed by atoms with Crippen LogP contribution in [0.5, 0.6) is 0 Å². The second kappa shape index (κ2) is 6.13. The molecule has 0 saturated heterocycles. The van der Waals surface area contributed by atoms with E-state index >= 15 is 0 Å². The fourth-order valence-corrected chi connectivity index (χ4v) is 3.02. The molecular formula is C15H17FN2O2S. The van der Waals surface area contributed by atoms with Gasteiger partial charge in [0.1, 0.15) is 11.4 Å². The molecule has 1 aromatic carbocycles. The summed E-state index contributed by atoms with van der Waals surface area (Å²) in [5.41, 5.74) is 5.49. The number of nitrogen functional groups attached to an aromatic ring is 1. The van der Waals surface area contributed by atoms with E-state index in [1.165, 1.54) is 17.0 Å². The number of rotatable bonds is 5. The predicted molar refractivity (Wildman–Crippen MR) is 83.7 cm³/mol. The van der Waals surface area contributed by atoms with E-state index in [1.54, 1.807) is 18.4 Å². The van der Waals surface area contributed by atoms with Crippen molar-refractivity contribution in [2.45, 2.75) is 19.4 Å². The largest absolute Gasteiger partial charge is 0.478 e. The Kier molecular flexibility index (Phi) is 4.47. The third-order valence-electron chi connectivity index (χ3n) is 3.50. The lowest BCUT2D eigenvalue weighted by molar-refractivity contribution is 0.0698. The molecule has 0 radical (unpaired) electrons. The molecule has 3 N–H and O–H groups in total. The Bertz CT molecular complexity index is 643. The molecule has 0 fully saturated rings. The number of likely N-dealkylation sites (N-methyl/N-ethyl adjacent to an activating group) is 1. The predicted octanol–water partition coefficient (Wildman–Crippen LogP) is 3.24. The van der Waals surface area contributed by atoms with E-state index in [2.05, 4.69) is 0 Å². The van der Waals surface area contributed by atoms with Crippen molar-refractivity contribution < 1.29 is 14.3 Å². The zero-order valence-electron chi connectivity index (χ0n) is 11.8. The lowest BCUT2D eigenvalue weighted by Gasteiger charge is -2.28. The number of carbonyl (C=O) groups is 1. The average Bonchev–Trinajstić information content (AvgIpc) is 2.93. The highest BCUT2D eigenvalue weighted by Gasteiger charge is 2.22. The van der Waals surface area contributed by atoms with Crippen LogP contribution in [0.1, 0.15) is 22.2 Å². The molecule has 0 aliphatic carbocycles. The van der Waals surface area contributed by atoms with Gasteiger partial charge in [-0.3, -0.25) is 0 Å². The van der Waals surface area contributed by atoms with Gasteiger partial charge in [0, 0.05) is 24.4 Å². The van der Waals surface area contributed by atoms with Gasteiger partial charge in [-0.15, -0.1) is 11.3 Å². The minimum absolute atomic E-state index is 0.0617. The topological polar surface area (TPSA) is 66.6 Å². The average molecular weight is 308 g/mol. The standard InChI is InChI=1S/C15H17FN2O2S/c1-9(8-10-4-3-7-21-10)18(2)12-6-5-11(16)14(17)13(12)15(19)20/h3-7,9H,8,17H2,1-2H3,(H,19,20). The van der Waals surface area contributed by atoms with Crippen molar-refractivity contribution in [1.29, 1.82) is 0 Å². The van der Waals surface area contributed by atoms with Crippen molar-refractivity contribution in [1.82, 2.24) is 0 Å². The van der Waals surface area contributed by atoms with Crippen molar-refractivity contribution in [3.05, 3.63) is 45.9 Å². The van der Waals surface area contributed by atoms with E-state index < -0.39 is 11.8 Å². The number of nitrogens with two attached hydrogens (primary N) is 1. The van der Waals surface area contributed by atoms with Crippen LogP contribution in [0.25, 0.3) is 0 Å². The Labute approximate surface area is 126 Å². The summed E-state index contributed by atoms with van der Waals surface area (Å²) in [5, 5.41) is 11.3. The number of anilines is 2. The van der Waals surface area contributed by atoms with Crippen LogP contribution in [0.2, 0.25) is 0 Å². The summed E-state index contributed by atoms with van der Waals surface area (Å²) in [4.78, 5) is 14.4. The molecule has 0 amide bonds. The van der Waals surface area contributed by atoms with Crippen molar-refractivity contribution in [2.75, 3.05) is 17.7 Å². The zero-order valence-corrected chi connectivity index (χ0v) is 12.7. The molecule has 2 aromatic rings.